The van der Waals surface area contributed by atoms with Gasteiger partial charge in [-0.15, -0.1) is 0 Å². The summed E-state index contributed by atoms with van der Waals surface area (Å²) in [5, 5.41) is 0. The van der Waals surface area contributed by atoms with Crippen molar-refractivity contribution in [2.45, 2.75) is 52.6 Å². The van der Waals surface area contributed by atoms with E-state index in [1.54, 1.807) is 32.9 Å². The maximum atomic E-state index is 13.1. The van der Waals surface area contributed by atoms with Crippen LogP contribution in [0.5, 0.6) is 11.5 Å². The number of benzene rings is 1. The van der Waals surface area contributed by atoms with Crippen LogP contribution < -0.4 is 9.47 Å². The van der Waals surface area contributed by atoms with Crippen molar-refractivity contribution in [1.29, 1.82) is 0 Å². The predicted molar refractivity (Wildman–Crippen MR) is 115 cm³/mol. The summed E-state index contributed by atoms with van der Waals surface area (Å²) in [6, 6.07) is 7.46. The molecular weight excluding hydrogens is 417 g/mol. The highest BCUT2D eigenvalue weighted by Gasteiger charge is 2.24. The number of carbonyl (C=O) groups is 3. The Morgan fingerprint density at radius 1 is 1.00 bits per heavy atom. The molecule has 1 aromatic heterocycles. The lowest BCUT2D eigenvalue weighted by Crippen LogP contribution is -2.22. The number of methoxy groups -OCH3 is 1. The quantitative estimate of drug-likeness (QED) is 0.393. The van der Waals surface area contributed by atoms with Crippen LogP contribution in [0.15, 0.2) is 36.5 Å². The lowest BCUT2D eigenvalue weighted by Gasteiger charge is -2.21. The first-order valence-electron chi connectivity index (χ1n) is 10.4. The van der Waals surface area contributed by atoms with Crippen molar-refractivity contribution in [2.24, 2.45) is 5.92 Å². The number of aromatic nitrogens is 1. The minimum absolute atomic E-state index is 0.0645. The SMILES string of the molecule is COc1ccnc(C(=O)CCC(=O)O[C@@H](C)[C@@H](C)c2ccc(F)cc2)c1OC(=O)C(C)C. The Hall–Kier alpha value is -3.29. The molecule has 2 atom stereocenters. The molecule has 0 N–H and O–H groups in total. The zero-order valence-corrected chi connectivity index (χ0v) is 18.9. The van der Waals surface area contributed by atoms with Crippen LogP contribution in [0.4, 0.5) is 4.39 Å². The van der Waals surface area contributed by atoms with Crippen molar-refractivity contribution in [3.8, 4) is 11.5 Å². The summed E-state index contributed by atoms with van der Waals surface area (Å²) in [5.41, 5.74) is 0.749. The molecule has 0 amide bonds. The number of ether oxygens (including phenoxy) is 3. The third-order valence-electron chi connectivity index (χ3n) is 5.00. The molecule has 0 aliphatic carbocycles. The number of hydrogen-bond acceptors (Lipinski definition) is 7. The molecule has 8 heteroatoms. The standard InChI is InChI=1S/C24H28FNO6/c1-14(2)24(29)32-23-20(30-5)12-13-26-22(23)19(27)10-11-21(28)31-16(4)15(3)17-6-8-18(25)9-7-17/h6-9,12-16H,10-11H2,1-5H3/t15-,16+/m1/s1. The maximum absolute atomic E-state index is 13.1. The Kier molecular flexibility index (Phi) is 8.87. The number of halogens is 1. The number of ketones is 1. The molecule has 2 rings (SSSR count). The van der Waals surface area contributed by atoms with Gasteiger partial charge in [0.2, 0.25) is 5.75 Å². The van der Waals surface area contributed by atoms with Gasteiger partial charge in [0.05, 0.1) is 19.4 Å². The number of Topliss-reactive ketones (excluding diaryl/α,β-unsaturated/α-hetero) is 1. The summed E-state index contributed by atoms with van der Waals surface area (Å²) in [6.45, 7) is 6.93. The molecule has 7 nitrogen and oxygen atoms in total. The van der Waals surface area contributed by atoms with Crippen LogP contribution in [0.25, 0.3) is 0 Å². The van der Waals surface area contributed by atoms with Crippen molar-refractivity contribution < 1.29 is 33.0 Å². The Morgan fingerprint density at radius 3 is 2.25 bits per heavy atom. The van der Waals surface area contributed by atoms with Crippen LogP contribution in [0.1, 0.15) is 62.5 Å². The minimum Gasteiger partial charge on any atom is -0.493 e. The Balaban J connectivity index is 2.01. The Labute approximate surface area is 186 Å². The first-order chi connectivity index (χ1) is 15.1. The zero-order valence-electron chi connectivity index (χ0n) is 18.9. The molecule has 0 radical (unpaired) electrons. The van der Waals surface area contributed by atoms with Gasteiger partial charge in [-0.05, 0) is 24.6 Å². The molecule has 0 fully saturated rings. The highest BCUT2D eigenvalue weighted by Crippen LogP contribution is 2.31. The second-order valence-electron chi connectivity index (χ2n) is 7.73. The summed E-state index contributed by atoms with van der Waals surface area (Å²) in [7, 11) is 1.39. The second-order valence-corrected chi connectivity index (χ2v) is 7.73. The molecular formula is C24H28FNO6. The highest BCUT2D eigenvalue weighted by atomic mass is 19.1. The Morgan fingerprint density at radius 2 is 1.66 bits per heavy atom. The first kappa shape index (κ1) is 25.0. The molecule has 0 saturated carbocycles. The van der Waals surface area contributed by atoms with E-state index in [9.17, 15) is 18.8 Å². The molecule has 172 valence electrons. The number of carbonyl (C=O) groups excluding carboxylic acids is 3. The van der Waals surface area contributed by atoms with E-state index in [1.807, 2.05) is 6.92 Å². The number of hydrogen-bond donors (Lipinski definition) is 0. The molecule has 0 aliphatic heterocycles. The molecule has 0 aliphatic rings. The summed E-state index contributed by atoms with van der Waals surface area (Å²) >= 11 is 0. The maximum Gasteiger partial charge on any atom is 0.313 e. The molecule has 0 unspecified atom stereocenters. The number of pyridine rings is 1. The van der Waals surface area contributed by atoms with Crippen LogP contribution in [-0.4, -0.2) is 35.9 Å². The number of rotatable bonds is 10. The molecule has 32 heavy (non-hydrogen) atoms. The van der Waals surface area contributed by atoms with Crippen LogP contribution in [0.2, 0.25) is 0 Å². The van der Waals surface area contributed by atoms with E-state index < -0.39 is 29.7 Å². The number of nitrogens with zero attached hydrogens (tertiary/aromatic N) is 1. The molecule has 0 bridgehead atoms. The van der Waals surface area contributed by atoms with E-state index in [2.05, 4.69) is 4.98 Å². The number of esters is 2. The van der Waals surface area contributed by atoms with Gasteiger partial charge in [0.15, 0.2) is 17.2 Å². The van der Waals surface area contributed by atoms with E-state index in [0.717, 1.165) is 5.56 Å². The molecule has 1 aromatic carbocycles. The average molecular weight is 445 g/mol. The van der Waals surface area contributed by atoms with E-state index in [-0.39, 0.29) is 41.8 Å². The van der Waals surface area contributed by atoms with Gasteiger partial charge < -0.3 is 14.2 Å². The zero-order chi connectivity index (χ0) is 23.8. The fourth-order valence-electron chi connectivity index (χ4n) is 2.85. The van der Waals surface area contributed by atoms with Gasteiger partial charge in [-0.2, -0.15) is 0 Å². The van der Waals surface area contributed by atoms with E-state index in [1.165, 1.54) is 31.5 Å². The average Bonchev–Trinajstić information content (AvgIpc) is 2.77. The van der Waals surface area contributed by atoms with Crippen LogP contribution >= 0.6 is 0 Å². The van der Waals surface area contributed by atoms with Crippen molar-refractivity contribution in [3.63, 3.8) is 0 Å². The lowest BCUT2D eigenvalue weighted by molar-refractivity contribution is -0.149. The van der Waals surface area contributed by atoms with Crippen molar-refractivity contribution in [3.05, 3.63) is 53.6 Å². The third kappa shape index (κ3) is 6.60. The summed E-state index contributed by atoms with van der Waals surface area (Å²) in [6.07, 6.45) is 0.544. The monoisotopic (exact) mass is 445 g/mol. The van der Waals surface area contributed by atoms with Crippen LogP contribution in [-0.2, 0) is 14.3 Å². The summed E-state index contributed by atoms with van der Waals surface area (Å²) < 4.78 is 29.1. The fraction of sp³-hybridized carbons (Fsp3) is 0.417. The van der Waals surface area contributed by atoms with Gasteiger partial charge in [0.25, 0.3) is 0 Å². The third-order valence-corrected chi connectivity index (χ3v) is 5.00. The van der Waals surface area contributed by atoms with Gasteiger partial charge in [-0.25, -0.2) is 9.37 Å². The molecule has 0 saturated heterocycles. The van der Waals surface area contributed by atoms with E-state index in [4.69, 9.17) is 14.2 Å². The summed E-state index contributed by atoms with van der Waals surface area (Å²) in [4.78, 5) is 41.1. The topological polar surface area (TPSA) is 91.8 Å². The van der Waals surface area contributed by atoms with Gasteiger partial charge in [0, 0.05) is 24.6 Å². The van der Waals surface area contributed by atoms with E-state index >= 15 is 0 Å². The van der Waals surface area contributed by atoms with Gasteiger partial charge >= 0.3 is 11.9 Å². The van der Waals surface area contributed by atoms with Crippen LogP contribution in [0.3, 0.4) is 0 Å². The normalized spacial score (nSPS) is 12.7. The Bertz CT molecular complexity index is 957. The highest BCUT2D eigenvalue weighted by molar-refractivity contribution is 5.99. The van der Waals surface area contributed by atoms with E-state index in [0.29, 0.717) is 0 Å². The minimum atomic E-state index is -0.552. The molecule has 1 heterocycles. The van der Waals surface area contributed by atoms with Crippen molar-refractivity contribution >= 4 is 17.7 Å². The lowest BCUT2D eigenvalue weighted by atomic mass is 9.96. The molecule has 0 spiro atoms. The smallest absolute Gasteiger partial charge is 0.313 e. The summed E-state index contributed by atoms with van der Waals surface area (Å²) in [5.74, 6) is -2.34. The van der Waals surface area contributed by atoms with Crippen LogP contribution in [0, 0.1) is 11.7 Å². The van der Waals surface area contributed by atoms with Gasteiger partial charge in [-0.3, -0.25) is 14.4 Å². The first-order valence-corrected chi connectivity index (χ1v) is 10.4. The predicted octanol–water partition coefficient (Wildman–Crippen LogP) is 4.49. The van der Waals surface area contributed by atoms with Crippen molar-refractivity contribution in [1.82, 2.24) is 4.98 Å². The van der Waals surface area contributed by atoms with Gasteiger partial charge in [-0.1, -0.05) is 32.9 Å². The molecule has 2 aromatic rings. The van der Waals surface area contributed by atoms with Gasteiger partial charge in [0.1, 0.15) is 11.9 Å². The fourth-order valence-corrected chi connectivity index (χ4v) is 2.85. The largest absolute Gasteiger partial charge is 0.493 e. The second kappa shape index (κ2) is 11.4. The van der Waals surface area contributed by atoms with Crippen molar-refractivity contribution in [2.75, 3.05) is 7.11 Å².